The molecule has 0 aromatic carbocycles. The van der Waals surface area contributed by atoms with Gasteiger partial charge in [0.15, 0.2) is 0 Å². The van der Waals surface area contributed by atoms with Gasteiger partial charge < -0.3 is 5.32 Å². The summed E-state index contributed by atoms with van der Waals surface area (Å²) in [4.78, 5) is 0. The van der Waals surface area contributed by atoms with Crippen molar-refractivity contribution in [3.63, 3.8) is 0 Å². The third kappa shape index (κ3) is 4.36. The first-order valence-electron chi connectivity index (χ1n) is 5.09. The lowest BCUT2D eigenvalue weighted by Crippen LogP contribution is -2.31. The van der Waals surface area contributed by atoms with Crippen LogP contribution in [0.5, 0.6) is 0 Å². The van der Waals surface area contributed by atoms with Crippen LogP contribution in [0.4, 0.5) is 0 Å². The largest absolute Gasteiger partial charge is 0.313 e. The normalized spacial score (nSPS) is 19.5. The van der Waals surface area contributed by atoms with Crippen molar-refractivity contribution in [2.45, 2.75) is 38.6 Å². The second-order valence-electron chi connectivity index (χ2n) is 3.75. The number of rotatable bonds is 7. The summed E-state index contributed by atoms with van der Waals surface area (Å²) >= 11 is 1.95. The molecule has 0 amide bonds. The smallest absolute Gasteiger partial charge is 0.0155 e. The Labute approximate surface area is 80.7 Å². The Morgan fingerprint density at radius 2 is 2.25 bits per heavy atom. The van der Waals surface area contributed by atoms with Gasteiger partial charge in [0.2, 0.25) is 0 Å². The van der Waals surface area contributed by atoms with Crippen LogP contribution < -0.4 is 5.32 Å². The molecule has 2 heteroatoms. The van der Waals surface area contributed by atoms with Crippen LogP contribution in [-0.2, 0) is 0 Å². The van der Waals surface area contributed by atoms with Crippen LogP contribution in [0.15, 0.2) is 0 Å². The molecule has 12 heavy (non-hydrogen) atoms. The second kappa shape index (κ2) is 5.87. The van der Waals surface area contributed by atoms with E-state index in [4.69, 9.17) is 0 Å². The molecule has 0 aromatic heterocycles. The summed E-state index contributed by atoms with van der Waals surface area (Å²) in [5, 5.41) is 3.62. The fourth-order valence-electron chi connectivity index (χ4n) is 1.42. The minimum Gasteiger partial charge on any atom is -0.313 e. The molecule has 0 heterocycles. The van der Waals surface area contributed by atoms with Crippen molar-refractivity contribution in [3.05, 3.63) is 0 Å². The van der Waals surface area contributed by atoms with Crippen molar-refractivity contribution in [2.24, 2.45) is 5.92 Å². The van der Waals surface area contributed by atoms with E-state index >= 15 is 0 Å². The van der Waals surface area contributed by atoms with E-state index < -0.39 is 0 Å². The second-order valence-corrected chi connectivity index (χ2v) is 4.66. The molecule has 1 nitrogen and oxygen atoms in total. The Morgan fingerprint density at radius 3 is 2.75 bits per heavy atom. The molecule has 0 aliphatic heterocycles. The molecule has 1 fully saturated rings. The average molecular weight is 187 g/mol. The molecular weight excluding hydrogens is 166 g/mol. The highest BCUT2D eigenvalue weighted by atomic mass is 32.2. The van der Waals surface area contributed by atoms with Gasteiger partial charge in [-0.25, -0.2) is 0 Å². The maximum atomic E-state index is 3.62. The van der Waals surface area contributed by atoms with Gasteiger partial charge in [0.1, 0.15) is 0 Å². The lowest BCUT2D eigenvalue weighted by Gasteiger charge is -2.15. The Balaban J connectivity index is 1.93. The van der Waals surface area contributed by atoms with Gasteiger partial charge in [-0.05, 0) is 31.6 Å². The number of thioether (sulfide) groups is 1. The van der Waals surface area contributed by atoms with Gasteiger partial charge in [-0.1, -0.05) is 19.8 Å². The fraction of sp³-hybridized carbons (Fsp3) is 1.00. The molecule has 0 aromatic rings. The summed E-state index contributed by atoms with van der Waals surface area (Å²) in [7, 11) is 0. The number of hydrogen-bond acceptors (Lipinski definition) is 2. The van der Waals surface area contributed by atoms with Crippen LogP contribution in [0.2, 0.25) is 0 Å². The first-order valence-corrected chi connectivity index (χ1v) is 6.48. The van der Waals surface area contributed by atoms with Crippen molar-refractivity contribution in [1.82, 2.24) is 5.32 Å². The van der Waals surface area contributed by atoms with Crippen LogP contribution in [0.25, 0.3) is 0 Å². The average Bonchev–Trinajstić information content (AvgIpc) is 2.87. The number of hydrogen-bond donors (Lipinski definition) is 1. The summed E-state index contributed by atoms with van der Waals surface area (Å²) in [5.41, 5.74) is 0. The summed E-state index contributed by atoms with van der Waals surface area (Å²) in [6.07, 6.45) is 7.84. The third-order valence-corrected chi connectivity index (χ3v) is 3.28. The quantitative estimate of drug-likeness (QED) is 0.657. The predicted molar refractivity (Wildman–Crippen MR) is 57.8 cm³/mol. The van der Waals surface area contributed by atoms with Crippen LogP contribution >= 0.6 is 11.8 Å². The highest BCUT2D eigenvalue weighted by Crippen LogP contribution is 2.31. The van der Waals surface area contributed by atoms with E-state index in [1.165, 1.54) is 38.0 Å². The minimum atomic E-state index is 0.749. The van der Waals surface area contributed by atoms with Crippen molar-refractivity contribution < 1.29 is 0 Å². The maximum Gasteiger partial charge on any atom is 0.0155 e. The summed E-state index contributed by atoms with van der Waals surface area (Å²) in [5.74, 6) is 2.34. The molecule has 1 rings (SSSR count). The van der Waals surface area contributed by atoms with Crippen LogP contribution in [-0.4, -0.2) is 24.6 Å². The van der Waals surface area contributed by atoms with Gasteiger partial charge in [0, 0.05) is 11.8 Å². The van der Waals surface area contributed by atoms with E-state index in [1.54, 1.807) is 0 Å². The topological polar surface area (TPSA) is 12.0 Å². The molecule has 0 saturated heterocycles. The Bertz CT molecular complexity index is 112. The van der Waals surface area contributed by atoms with Crippen LogP contribution in [0.3, 0.4) is 0 Å². The lowest BCUT2D eigenvalue weighted by atomic mass is 10.2. The van der Waals surface area contributed by atoms with E-state index in [0.717, 1.165) is 12.0 Å². The van der Waals surface area contributed by atoms with Gasteiger partial charge in [0.25, 0.3) is 0 Å². The predicted octanol–water partition coefficient (Wildman–Crippen LogP) is 2.52. The first-order chi connectivity index (χ1) is 5.86. The molecule has 1 atom stereocenters. The molecular formula is C10H21NS. The van der Waals surface area contributed by atoms with Gasteiger partial charge >= 0.3 is 0 Å². The van der Waals surface area contributed by atoms with E-state index in [1.807, 2.05) is 11.8 Å². The van der Waals surface area contributed by atoms with Crippen LogP contribution in [0, 0.1) is 5.92 Å². The van der Waals surface area contributed by atoms with Crippen molar-refractivity contribution >= 4 is 11.8 Å². The highest BCUT2D eigenvalue weighted by Gasteiger charge is 2.20. The zero-order chi connectivity index (χ0) is 8.81. The van der Waals surface area contributed by atoms with E-state index in [0.29, 0.717) is 0 Å². The number of nitrogens with one attached hydrogen (secondary N) is 1. The molecule has 1 aliphatic carbocycles. The summed E-state index contributed by atoms with van der Waals surface area (Å²) in [6.45, 7) is 3.51. The van der Waals surface area contributed by atoms with Crippen LogP contribution in [0.1, 0.15) is 32.6 Å². The summed E-state index contributed by atoms with van der Waals surface area (Å²) < 4.78 is 0. The molecule has 0 radical (unpaired) electrons. The lowest BCUT2D eigenvalue weighted by molar-refractivity contribution is 0.516. The SMILES string of the molecule is CCC(CSC)NCCC1CC1. The molecule has 0 spiro atoms. The fourth-order valence-corrected chi connectivity index (χ4v) is 2.18. The van der Waals surface area contributed by atoms with E-state index in [-0.39, 0.29) is 0 Å². The van der Waals surface area contributed by atoms with Gasteiger partial charge in [0.05, 0.1) is 0 Å². The van der Waals surface area contributed by atoms with Gasteiger partial charge in [-0.2, -0.15) is 11.8 Å². The Kier molecular flexibility index (Phi) is 5.08. The zero-order valence-corrected chi connectivity index (χ0v) is 9.12. The molecule has 72 valence electrons. The summed E-state index contributed by atoms with van der Waals surface area (Å²) in [6, 6.07) is 0.749. The molecule has 1 aliphatic rings. The zero-order valence-electron chi connectivity index (χ0n) is 8.31. The standard InChI is InChI=1S/C10H21NS/c1-3-10(8-12-2)11-7-6-9-4-5-9/h9-11H,3-8H2,1-2H3. The molecule has 1 unspecified atom stereocenters. The van der Waals surface area contributed by atoms with Crippen molar-refractivity contribution in [3.8, 4) is 0 Å². The maximum absolute atomic E-state index is 3.62. The molecule has 1 saturated carbocycles. The van der Waals surface area contributed by atoms with E-state index in [2.05, 4.69) is 18.5 Å². The van der Waals surface area contributed by atoms with Gasteiger partial charge in [-0.3, -0.25) is 0 Å². The highest BCUT2D eigenvalue weighted by molar-refractivity contribution is 7.98. The van der Waals surface area contributed by atoms with Crippen molar-refractivity contribution in [1.29, 1.82) is 0 Å². The molecule has 0 bridgehead atoms. The first kappa shape index (κ1) is 10.4. The third-order valence-electron chi connectivity index (χ3n) is 2.54. The molecule has 1 N–H and O–H groups in total. The van der Waals surface area contributed by atoms with Crippen molar-refractivity contribution in [2.75, 3.05) is 18.6 Å². The van der Waals surface area contributed by atoms with Gasteiger partial charge in [-0.15, -0.1) is 0 Å². The minimum absolute atomic E-state index is 0.749. The Hall–Kier alpha value is 0.310. The van der Waals surface area contributed by atoms with E-state index in [9.17, 15) is 0 Å². The monoisotopic (exact) mass is 187 g/mol. The Morgan fingerprint density at radius 1 is 1.50 bits per heavy atom.